The summed E-state index contributed by atoms with van der Waals surface area (Å²) in [6.45, 7) is 12.5. The van der Waals surface area contributed by atoms with Gasteiger partial charge in [0.2, 0.25) is 0 Å². The third-order valence-corrected chi connectivity index (χ3v) is 12.9. The summed E-state index contributed by atoms with van der Waals surface area (Å²) < 4.78 is 11.1. The summed E-state index contributed by atoms with van der Waals surface area (Å²) in [5.74, 6) is 4.63. The van der Waals surface area contributed by atoms with Crippen LogP contribution < -0.4 is 11.5 Å². The molecular formula is C38H58N2O4. The summed E-state index contributed by atoms with van der Waals surface area (Å²) in [6.07, 6.45) is 17.6. The van der Waals surface area contributed by atoms with E-state index in [9.17, 15) is 9.59 Å². The van der Waals surface area contributed by atoms with Crippen molar-refractivity contribution in [2.45, 2.75) is 124 Å². The number of rotatable bonds is 10. The number of esters is 2. The monoisotopic (exact) mass is 606 g/mol. The molecule has 0 aromatic heterocycles. The summed E-state index contributed by atoms with van der Waals surface area (Å²) in [5, 5.41) is 0. The van der Waals surface area contributed by atoms with Gasteiger partial charge >= 0.3 is 11.9 Å². The molecule has 0 heterocycles. The molecule has 0 amide bonds. The minimum atomic E-state index is -0.596. The van der Waals surface area contributed by atoms with Gasteiger partial charge in [-0.1, -0.05) is 53.9 Å². The first kappa shape index (κ1) is 32.9. The lowest BCUT2D eigenvalue weighted by molar-refractivity contribution is -0.158. The van der Waals surface area contributed by atoms with Gasteiger partial charge in [0, 0.05) is 23.5 Å². The highest BCUT2D eigenvalue weighted by molar-refractivity contribution is 5.91. The highest BCUT2D eigenvalue weighted by Crippen LogP contribution is 2.68. The van der Waals surface area contributed by atoms with Crippen LogP contribution in [0.4, 0.5) is 11.4 Å². The molecule has 1 aromatic rings. The summed E-state index contributed by atoms with van der Waals surface area (Å²) >= 11 is 0. The Morgan fingerprint density at radius 3 is 2.27 bits per heavy atom. The second-order valence-corrected chi connectivity index (χ2v) is 16.0. The zero-order valence-electron chi connectivity index (χ0n) is 28.0. The van der Waals surface area contributed by atoms with Gasteiger partial charge in [0.1, 0.15) is 12.7 Å². The molecule has 0 bridgehead atoms. The molecule has 0 aliphatic heterocycles. The predicted molar refractivity (Wildman–Crippen MR) is 177 cm³/mol. The number of hydrogen-bond acceptors (Lipinski definition) is 6. The molecule has 9 atom stereocenters. The Hall–Kier alpha value is -2.50. The lowest BCUT2D eigenvalue weighted by Gasteiger charge is -2.61. The highest BCUT2D eigenvalue weighted by atomic mass is 16.5. The first-order valence-electron chi connectivity index (χ1n) is 17.6. The average Bonchev–Trinajstić information content (AvgIpc) is 3.32. The average molecular weight is 607 g/mol. The molecule has 4 aliphatic rings. The van der Waals surface area contributed by atoms with Crippen molar-refractivity contribution >= 4 is 23.3 Å². The number of carbonyl (C=O) groups excluding carboxylic acids is 2. The van der Waals surface area contributed by atoms with Crippen molar-refractivity contribution in [1.29, 1.82) is 0 Å². The summed E-state index contributed by atoms with van der Waals surface area (Å²) in [5.41, 5.74) is 14.2. The van der Waals surface area contributed by atoms with E-state index in [0.29, 0.717) is 33.7 Å². The van der Waals surface area contributed by atoms with Gasteiger partial charge in [0.05, 0.1) is 0 Å². The smallest absolute Gasteiger partial charge is 0.331 e. The minimum absolute atomic E-state index is 0.0382. The third kappa shape index (κ3) is 6.99. The molecule has 244 valence electrons. The van der Waals surface area contributed by atoms with E-state index in [0.717, 1.165) is 60.8 Å². The van der Waals surface area contributed by atoms with Gasteiger partial charge in [0.15, 0.2) is 0 Å². The van der Waals surface area contributed by atoms with Crippen LogP contribution in [0.2, 0.25) is 0 Å². The standard InChI is InChI=1S/C38H58N2O4/c1-24(2)7-6-8-25(3)32-11-12-33-31-10-9-27-21-30(15-17-37(27,4)34(31)16-18-38(32,33)5)44-36(42)14-13-35(41)43-23-26-19-28(39)22-29(40)20-26/h13-14,19-20,22,24-25,27,30-34H,6-12,15-18,21,23,39-40H2,1-5H3/b14-13+. The van der Waals surface area contributed by atoms with E-state index in [4.69, 9.17) is 20.9 Å². The van der Waals surface area contributed by atoms with E-state index in [1.807, 2.05) is 0 Å². The molecule has 0 radical (unpaired) electrons. The van der Waals surface area contributed by atoms with Crippen molar-refractivity contribution in [3.05, 3.63) is 35.9 Å². The fraction of sp³-hybridized carbons (Fsp3) is 0.737. The van der Waals surface area contributed by atoms with Gasteiger partial charge in [-0.2, -0.15) is 0 Å². The van der Waals surface area contributed by atoms with Crippen molar-refractivity contribution in [2.24, 2.45) is 52.3 Å². The Kier molecular flexibility index (Phi) is 10.1. The molecule has 44 heavy (non-hydrogen) atoms. The Balaban J connectivity index is 1.12. The third-order valence-electron chi connectivity index (χ3n) is 12.9. The van der Waals surface area contributed by atoms with Crippen molar-refractivity contribution < 1.29 is 19.1 Å². The van der Waals surface area contributed by atoms with Crippen LogP contribution in [-0.4, -0.2) is 18.0 Å². The van der Waals surface area contributed by atoms with Crippen molar-refractivity contribution in [3.63, 3.8) is 0 Å². The fourth-order valence-electron chi connectivity index (χ4n) is 10.7. The Labute approximate surface area is 266 Å². The second-order valence-electron chi connectivity index (χ2n) is 16.0. The molecule has 4 fully saturated rings. The van der Waals surface area contributed by atoms with Crippen LogP contribution in [-0.2, 0) is 25.7 Å². The molecule has 5 rings (SSSR count). The lowest BCUT2D eigenvalue weighted by Crippen LogP contribution is -2.54. The van der Waals surface area contributed by atoms with Crippen molar-refractivity contribution in [2.75, 3.05) is 11.5 Å². The van der Waals surface area contributed by atoms with Gasteiger partial charge in [0.25, 0.3) is 0 Å². The van der Waals surface area contributed by atoms with Crippen LogP contribution in [0.1, 0.15) is 117 Å². The number of fused-ring (bicyclic) bond motifs is 5. The van der Waals surface area contributed by atoms with Gasteiger partial charge in [-0.05, 0) is 134 Å². The highest BCUT2D eigenvalue weighted by Gasteiger charge is 2.60. The van der Waals surface area contributed by atoms with Gasteiger partial charge in [-0.15, -0.1) is 0 Å². The molecular weight excluding hydrogens is 548 g/mol. The number of nitrogen functional groups attached to an aromatic ring is 2. The van der Waals surface area contributed by atoms with Crippen molar-refractivity contribution in [1.82, 2.24) is 0 Å². The summed E-state index contributed by atoms with van der Waals surface area (Å²) in [6, 6.07) is 5.06. The molecule has 1 aromatic carbocycles. The molecule has 0 saturated heterocycles. The molecule has 6 heteroatoms. The first-order valence-corrected chi connectivity index (χ1v) is 17.6. The van der Waals surface area contributed by atoms with E-state index < -0.39 is 11.9 Å². The van der Waals surface area contributed by atoms with E-state index >= 15 is 0 Å². The van der Waals surface area contributed by atoms with Gasteiger partial charge in [-0.25, -0.2) is 9.59 Å². The Morgan fingerprint density at radius 2 is 1.55 bits per heavy atom. The van der Waals surface area contributed by atoms with Crippen LogP contribution in [0.25, 0.3) is 0 Å². The quantitative estimate of drug-likeness (QED) is 0.157. The maximum absolute atomic E-state index is 12.6. The SMILES string of the molecule is CC(C)CCCC(C)C1CCC2C3CCC4CC(OC(=O)/C=C/C(=O)OCc5cc(N)cc(N)c5)CCC4(C)C3CCC12C. The Bertz CT molecular complexity index is 1190. The minimum Gasteiger partial charge on any atom is -0.459 e. The van der Waals surface area contributed by atoms with E-state index in [1.54, 1.807) is 18.2 Å². The van der Waals surface area contributed by atoms with Crippen LogP contribution >= 0.6 is 0 Å². The van der Waals surface area contributed by atoms with Crippen LogP contribution in [0.3, 0.4) is 0 Å². The number of benzene rings is 1. The van der Waals surface area contributed by atoms with Gasteiger partial charge in [-0.3, -0.25) is 0 Å². The molecule has 0 spiro atoms. The second kappa shape index (κ2) is 13.5. The zero-order chi connectivity index (χ0) is 31.6. The number of ether oxygens (including phenoxy) is 2. The number of carbonyl (C=O) groups is 2. The van der Waals surface area contributed by atoms with E-state index in [-0.39, 0.29) is 12.7 Å². The van der Waals surface area contributed by atoms with E-state index in [2.05, 4.69) is 34.6 Å². The first-order chi connectivity index (χ1) is 20.9. The number of nitrogens with two attached hydrogens (primary N) is 2. The van der Waals surface area contributed by atoms with Crippen LogP contribution in [0.15, 0.2) is 30.4 Å². The molecule has 6 nitrogen and oxygen atoms in total. The summed E-state index contributed by atoms with van der Waals surface area (Å²) in [4.78, 5) is 24.8. The maximum Gasteiger partial charge on any atom is 0.331 e. The van der Waals surface area contributed by atoms with Crippen LogP contribution in [0.5, 0.6) is 0 Å². The molecule has 9 unspecified atom stereocenters. The normalized spacial score (nSPS) is 35.5. The molecule has 4 N–H and O–H groups in total. The predicted octanol–water partition coefficient (Wildman–Crippen LogP) is 8.48. The number of hydrogen-bond donors (Lipinski definition) is 2. The lowest BCUT2D eigenvalue weighted by atomic mass is 9.44. The summed E-state index contributed by atoms with van der Waals surface area (Å²) in [7, 11) is 0. The van der Waals surface area contributed by atoms with Crippen LogP contribution in [0, 0.1) is 52.3 Å². The maximum atomic E-state index is 12.6. The van der Waals surface area contributed by atoms with E-state index in [1.165, 1.54) is 63.9 Å². The fourth-order valence-corrected chi connectivity index (χ4v) is 10.7. The van der Waals surface area contributed by atoms with Crippen molar-refractivity contribution in [3.8, 4) is 0 Å². The number of anilines is 2. The molecule has 4 aliphatic carbocycles. The topological polar surface area (TPSA) is 105 Å². The largest absolute Gasteiger partial charge is 0.459 e. The molecule has 4 saturated carbocycles. The Morgan fingerprint density at radius 1 is 0.864 bits per heavy atom. The van der Waals surface area contributed by atoms with Gasteiger partial charge < -0.3 is 20.9 Å². The zero-order valence-corrected chi connectivity index (χ0v) is 28.0.